The Morgan fingerprint density at radius 3 is 1.91 bits per heavy atom. The number of rotatable bonds is 6. The minimum absolute atomic E-state index is 0.0758. The van der Waals surface area contributed by atoms with Crippen LogP contribution in [0.15, 0.2) is 60.2 Å². The number of hydrogen-bond acceptors (Lipinski definition) is 10. The number of carbonyl (C=O) groups excluding carboxylic acids is 1. The van der Waals surface area contributed by atoms with E-state index in [1.54, 1.807) is 17.4 Å². The molecule has 5 rings (SSSR count). The highest BCUT2D eigenvalue weighted by Crippen LogP contribution is 2.25. The number of likely N-dealkylation sites (N-methyl/N-ethyl adjacent to an activating group) is 1. The zero-order chi connectivity index (χ0) is 40.1. The maximum absolute atomic E-state index is 12.7. The van der Waals surface area contributed by atoms with Gasteiger partial charge in [0.25, 0.3) is 5.91 Å². The van der Waals surface area contributed by atoms with Crippen LogP contribution >= 0.6 is 11.3 Å². The van der Waals surface area contributed by atoms with Gasteiger partial charge < -0.3 is 20.6 Å². The van der Waals surface area contributed by atoms with E-state index in [0.29, 0.717) is 12.1 Å². The molecule has 290 valence electrons. The van der Waals surface area contributed by atoms with Crippen LogP contribution in [0.1, 0.15) is 32.8 Å². The van der Waals surface area contributed by atoms with Crippen LogP contribution < -0.4 is 5.32 Å². The molecule has 14 nitrogen and oxygen atoms in total. The number of amides is 1. The Balaban J connectivity index is 0.000000379. The molecular formula is C29H28F9N7O7S. The summed E-state index contributed by atoms with van der Waals surface area (Å²) in [7, 11) is 2.11. The first kappa shape index (κ1) is 43.8. The van der Waals surface area contributed by atoms with Crippen LogP contribution in [0.4, 0.5) is 39.5 Å². The summed E-state index contributed by atoms with van der Waals surface area (Å²) in [6.45, 7) is 4.04. The number of carboxylic acids is 3. The minimum Gasteiger partial charge on any atom is -0.475 e. The van der Waals surface area contributed by atoms with Crippen molar-refractivity contribution in [3.63, 3.8) is 0 Å². The van der Waals surface area contributed by atoms with Crippen molar-refractivity contribution in [2.24, 2.45) is 0 Å². The predicted molar refractivity (Wildman–Crippen MR) is 164 cm³/mol. The molecule has 0 radical (unpaired) electrons. The zero-order valence-electron chi connectivity index (χ0n) is 26.9. The lowest BCUT2D eigenvalue weighted by Gasteiger charge is -2.38. The predicted octanol–water partition coefficient (Wildman–Crippen LogP) is 4.50. The second-order valence-corrected chi connectivity index (χ2v) is 11.5. The van der Waals surface area contributed by atoms with Gasteiger partial charge in [0.05, 0.1) is 23.8 Å². The highest BCUT2D eigenvalue weighted by molar-refractivity contribution is 7.09. The number of thiophene rings is 1. The van der Waals surface area contributed by atoms with Crippen LogP contribution in [-0.4, -0.2) is 114 Å². The molecule has 0 spiro atoms. The fourth-order valence-corrected chi connectivity index (χ4v) is 4.67. The molecule has 0 saturated carbocycles. The summed E-state index contributed by atoms with van der Waals surface area (Å²) in [5.41, 5.74) is 2.40. The number of piperazine rings is 1. The Morgan fingerprint density at radius 1 is 0.830 bits per heavy atom. The number of carboxylic acid groups (broad SMARTS) is 3. The minimum atomic E-state index is -5.08. The number of halogens is 9. The van der Waals surface area contributed by atoms with Crippen LogP contribution in [0.3, 0.4) is 0 Å². The summed E-state index contributed by atoms with van der Waals surface area (Å²) in [5.74, 6) is -7.53. The number of pyridine rings is 2. The first-order chi connectivity index (χ1) is 24.5. The molecular weight excluding hydrogens is 761 g/mol. The highest BCUT2D eigenvalue weighted by atomic mass is 32.1. The van der Waals surface area contributed by atoms with Crippen molar-refractivity contribution < 1.29 is 74.0 Å². The molecule has 4 aromatic rings. The Kier molecular flexibility index (Phi) is 15.6. The highest BCUT2D eigenvalue weighted by Gasteiger charge is 2.39. The Bertz CT molecular complexity index is 1750. The van der Waals surface area contributed by atoms with Crippen LogP contribution in [0.2, 0.25) is 0 Å². The van der Waals surface area contributed by atoms with E-state index < -0.39 is 36.4 Å². The fourth-order valence-electron chi connectivity index (χ4n) is 4.03. The summed E-state index contributed by atoms with van der Waals surface area (Å²) in [6.07, 6.45) is -11.6. The maximum atomic E-state index is 12.7. The van der Waals surface area contributed by atoms with Crippen molar-refractivity contribution in [1.29, 1.82) is 0 Å². The van der Waals surface area contributed by atoms with Gasteiger partial charge in [-0.1, -0.05) is 12.1 Å². The van der Waals surface area contributed by atoms with Crippen molar-refractivity contribution in [3.05, 3.63) is 82.2 Å². The van der Waals surface area contributed by atoms with Crippen LogP contribution in [-0.2, 0) is 27.5 Å². The molecule has 1 aliphatic heterocycles. The SMILES string of the molecule is CN1CCN(Cc2ccccn2)CC1c1nnc2ccc(C(=O)NCc3cccs3)cn12.O=C(O)C(F)(F)F.O=C(O)C(F)(F)F.O=C(O)C(F)(F)F. The quantitative estimate of drug-likeness (QED) is 0.201. The lowest BCUT2D eigenvalue weighted by Crippen LogP contribution is -2.46. The number of alkyl halides is 9. The third-order valence-electron chi connectivity index (χ3n) is 6.56. The van der Waals surface area contributed by atoms with E-state index in [0.717, 1.165) is 48.2 Å². The van der Waals surface area contributed by atoms with Gasteiger partial charge in [0.1, 0.15) is 0 Å². The molecule has 1 amide bonds. The van der Waals surface area contributed by atoms with Crippen LogP contribution in [0.25, 0.3) is 5.65 Å². The van der Waals surface area contributed by atoms with Gasteiger partial charge in [-0.25, -0.2) is 14.4 Å². The van der Waals surface area contributed by atoms with Gasteiger partial charge in [0.2, 0.25) is 0 Å². The Hall–Kier alpha value is -5.36. The molecule has 4 aromatic heterocycles. The fraction of sp³-hybridized carbons (Fsp3) is 0.345. The average molecular weight is 790 g/mol. The molecule has 24 heteroatoms. The molecule has 0 aliphatic carbocycles. The summed E-state index contributed by atoms with van der Waals surface area (Å²) in [6, 6.07) is 13.7. The van der Waals surface area contributed by atoms with Crippen molar-refractivity contribution in [1.82, 2.24) is 34.7 Å². The smallest absolute Gasteiger partial charge is 0.475 e. The Morgan fingerprint density at radius 2 is 1.42 bits per heavy atom. The van der Waals surface area contributed by atoms with Gasteiger partial charge in [-0.2, -0.15) is 39.5 Å². The van der Waals surface area contributed by atoms with E-state index in [4.69, 9.17) is 29.7 Å². The van der Waals surface area contributed by atoms with Gasteiger partial charge >= 0.3 is 36.4 Å². The molecule has 0 bridgehead atoms. The molecule has 1 unspecified atom stereocenters. The van der Waals surface area contributed by atoms with E-state index in [1.165, 1.54) is 0 Å². The molecule has 5 heterocycles. The van der Waals surface area contributed by atoms with Gasteiger partial charge in [0.15, 0.2) is 11.5 Å². The second-order valence-electron chi connectivity index (χ2n) is 10.4. The molecule has 1 atom stereocenters. The van der Waals surface area contributed by atoms with Crippen molar-refractivity contribution in [2.45, 2.75) is 37.7 Å². The monoisotopic (exact) mass is 789 g/mol. The van der Waals surface area contributed by atoms with Crippen LogP contribution in [0.5, 0.6) is 0 Å². The molecule has 0 aromatic carbocycles. The van der Waals surface area contributed by atoms with E-state index in [9.17, 15) is 44.3 Å². The number of hydrogen-bond donors (Lipinski definition) is 4. The number of carbonyl (C=O) groups is 4. The zero-order valence-corrected chi connectivity index (χ0v) is 27.7. The lowest BCUT2D eigenvalue weighted by molar-refractivity contribution is -0.193. The molecule has 1 aliphatic rings. The van der Waals surface area contributed by atoms with E-state index in [-0.39, 0.29) is 11.9 Å². The summed E-state index contributed by atoms with van der Waals surface area (Å²) < 4.78 is 97.2. The molecule has 1 saturated heterocycles. The number of fused-ring (bicyclic) bond motifs is 1. The topological polar surface area (TPSA) is 191 Å². The van der Waals surface area contributed by atoms with Crippen molar-refractivity contribution in [3.8, 4) is 0 Å². The summed E-state index contributed by atoms with van der Waals surface area (Å²) in [5, 5.41) is 35.2. The summed E-state index contributed by atoms with van der Waals surface area (Å²) in [4.78, 5) is 49.7. The van der Waals surface area contributed by atoms with Crippen molar-refractivity contribution in [2.75, 3.05) is 26.7 Å². The first-order valence-corrected chi connectivity index (χ1v) is 15.3. The van der Waals surface area contributed by atoms with Crippen molar-refractivity contribution >= 4 is 40.8 Å². The Labute approximate surface area is 296 Å². The molecule has 1 fully saturated rings. The standard InChI is InChI=1S/C23H25N7OS.3C2HF3O2/c1-28-10-11-29(15-18-5-2-3-9-24-18)16-20(28)22-27-26-21-8-7-17(14-30(21)22)23(31)25-13-19-6-4-12-32-19;3*3-2(4,5)1(6)7/h2-9,12,14,20H,10-11,13,15-16H2,1H3,(H,25,31);3*(H,6,7). The van der Waals surface area contributed by atoms with Gasteiger partial charge in [-0.3, -0.25) is 24.0 Å². The molecule has 4 N–H and O–H groups in total. The van der Waals surface area contributed by atoms with E-state index in [1.807, 2.05) is 52.5 Å². The maximum Gasteiger partial charge on any atom is 0.490 e. The van der Waals surface area contributed by atoms with Gasteiger partial charge in [-0.05, 0) is 42.8 Å². The third kappa shape index (κ3) is 14.7. The van der Waals surface area contributed by atoms with E-state index in [2.05, 4.69) is 43.4 Å². The first-order valence-electron chi connectivity index (χ1n) is 14.4. The number of nitrogens with zero attached hydrogens (tertiary/aromatic N) is 6. The lowest BCUT2D eigenvalue weighted by atomic mass is 10.1. The van der Waals surface area contributed by atoms with E-state index >= 15 is 0 Å². The largest absolute Gasteiger partial charge is 0.490 e. The average Bonchev–Trinajstić information content (AvgIpc) is 3.75. The third-order valence-corrected chi connectivity index (χ3v) is 7.44. The number of aromatic nitrogens is 4. The number of aliphatic carboxylic acids is 3. The van der Waals surface area contributed by atoms with Gasteiger partial charge in [0, 0.05) is 43.4 Å². The normalized spacial score (nSPS) is 15.1. The van der Waals surface area contributed by atoms with Crippen LogP contribution in [0, 0.1) is 0 Å². The summed E-state index contributed by atoms with van der Waals surface area (Å²) >= 11 is 1.63. The second kappa shape index (κ2) is 18.9. The molecule has 53 heavy (non-hydrogen) atoms. The number of nitrogens with one attached hydrogen (secondary N) is 1. The van der Waals surface area contributed by atoms with Gasteiger partial charge in [-0.15, -0.1) is 21.5 Å².